The van der Waals surface area contributed by atoms with E-state index in [0.29, 0.717) is 12.2 Å². The number of amides is 1. The second-order valence-electron chi connectivity index (χ2n) is 12.3. The van der Waals surface area contributed by atoms with Crippen LogP contribution < -0.4 is 5.32 Å². The molecule has 0 aliphatic heterocycles. The van der Waals surface area contributed by atoms with Gasteiger partial charge in [0.25, 0.3) is 0 Å². The van der Waals surface area contributed by atoms with Gasteiger partial charge in [-0.3, -0.25) is 19.2 Å². The van der Waals surface area contributed by atoms with E-state index in [0.717, 1.165) is 12.8 Å². The minimum absolute atomic E-state index is 0. The summed E-state index contributed by atoms with van der Waals surface area (Å²) in [5.41, 5.74) is -0.482. The monoisotopic (exact) mass is 952 g/mol. The average molecular weight is 954 g/mol. The summed E-state index contributed by atoms with van der Waals surface area (Å²) in [5, 5.41) is 36.0. The maximum atomic E-state index is 11.5. The van der Waals surface area contributed by atoms with Crippen LogP contribution in [0.15, 0.2) is 37.6 Å². The van der Waals surface area contributed by atoms with E-state index in [4.69, 9.17) is 39.3 Å². The zero-order valence-corrected chi connectivity index (χ0v) is 35.9. The first-order valence-corrected chi connectivity index (χ1v) is 22.9. The number of carboxylic acid groups (broad SMARTS) is 2. The number of carbonyl (C=O) groups is 4. The van der Waals surface area contributed by atoms with Gasteiger partial charge in [-0.1, -0.05) is 90.9 Å². The first-order valence-electron chi connectivity index (χ1n) is 17.3. The average Bonchev–Trinajstić information content (AvgIpc) is 3.02. The number of aliphatic carboxylic acids is 2. The molecule has 0 aromatic heterocycles. The maximum absolute atomic E-state index is 11.5. The van der Waals surface area contributed by atoms with Crippen molar-refractivity contribution in [2.75, 3.05) is 6.61 Å². The summed E-state index contributed by atoms with van der Waals surface area (Å²) in [6, 6.07) is 0. The molecule has 0 aliphatic carbocycles. The van der Waals surface area contributed by atoms with Gasteiger partial charge in [0.15, 0.2) is 0 Å². The number of rotatable bonds is 25. The molecule has 0 aromatic carbocycles. The Labute approximate surface area is 327 Å². The van der Waals surface area contributed by atoms with Gasteiger partial charge in [0.2, 0.25) is 5.91 Å². The predicted octanol–water partition coefficient (Wildman–Crippen LogP) is 11.9. The number of hydrogen-bond donors (Lipinski definition) is 5. The molecule has 0 atom stereocenters. The third-order valence-electron chi connectivity index (χ3n) is 6.74. The molecular weight excluding hydrogens is 880 g/mol. The van der Waals surface area contributed by atoms with E-state index in [2.05, 4.69) is 44.1 Å². The van der Waals surface area contributed by atoms with Gasteiger partial charge in [0.1, 0.15) is 5.78 Å². The van der Waals surface area contributed by atoms with Crippen molar-refractivity contribution >= 4 is 42.5 Å². The van der Waals surface area contributed by atoms with Gasteiger partial charge in [-0.05, 0) is 52.4 Å². The molecule has 14 heteroatoms. The number of unbranched alkanes of at least 4 members (excludes halogenated alkanes) is 11. The van der Waals surface area contributed by atoms with Crippen LogP contribution in [0.3, 0.4) is 0 Å². The number of nitrogens with two attached hydrogens (primary N) is 2. The van der Waals surface area contributed by atoms with Gasteiger partial charge in [0.05, 0.1) is 18.6 Å². The first-order chi connectivity index (χ1) is 23.1. The number of nitrogens with one attached hydrogen (secondary N) is 1. The Bertz CT molecular complexity index is 835. The van der Waals surface area contributed by atoms with Crippen LogP contribution in [0.4, 0.5) is 0 Å². The molecule has 0 aromatic rings. The fraction of sp³-hybridized carbons (Fsp3) is 0.730. The van der Waals surface area contributed by atoms with Crippen molar-refractivity contribution in [1.82, 2.24) is 5.32 Å². The minimum atomic E-state index is -0.986. The summed E-state index contributed by atoms with van der Waals surface area (Å²) in [7, 11) is 9.75. The number of aliphatic hydroxyl groups excluding tert-OH is 2. The quantitative estimate of drug-likeness (QED) is 0.0335. The molecule has 0 saturated carbocycles. The zero-order valence-electron chi connectivity index (χ0n) is 32.1. The Hall–Kier alpha value is -1.75. The summed E-state index contributed by atoms with van der Waals surface area (Å²) in [4.78, 5) is 42.6. The van der Waals surface area contributed by atoms with E-state index in [-0.39, 0.29) is 62.2 Å². The second-order valence-corrected chi connectivity index (χ2v) is 15.5. The summed E-state index contributed by atoms with van der Waals surface area (Å²) in [6.07, 6.45) is 23.0. The number of carboxylic acids is 2. The predicted molar refractivity (Wildman–Crippen MR) is 212 cm³/mol. The van der Waals surface area contributed by atoms with Crippen molar-refractivity contribution < 1.29 is 56.1 Å². The molecule has 11 nitrogen and oxygen atoms in total. The molecule has 9 N–H and O–H groups in total. The molecule has 308 valence electrons. The third-order valence-corrected chi connectivity index (χ3v) is 6.74. The van der Waals surface area contributed by atoms with Gasteiger partial charge >= 0.3 is 47.3 Å². The molecule has 0 aliphatic rings. The smallest absolute Gasteiger partial charge is 0.693 e. The third kappa shape index (κ3) is 70.5. The molecule has 0 saturated heterocycles. The molecule has 0 rings (SSSR count). The van der Waals surface area contributed by atoms with Gasteiger partial charge < -0.3 is 38.0 Å². The Morgan fingerprint density at radius 2 is 1.12 bits per heavy atom. The SMILES string of the molecule is C=C.C=C(O)CCC(=O)O.CC(C)(CCO)NC(=O)CCC(=O)O.CCCCCCCC/C=C\CCCCCCCC(=O)C(C)C.[Cl][Pt+2][Cl].[NH2-].[NH2-]. The van der Waals surface area contributed by atoms with Crippen molar-refractivity contribution in [2.45, 2.75) is 162 Å². The molecular formula is C37H73Cl2N3O8Pt. The molecule has 51 heavy (non-hydrogen) atoms. The van der Waals surface area contributed by atoms with Gasteiger partial charge in [-0.25, -0.2) is 0 Å². The van der Waals surface area contributed by atoms with E-state index < -0.39 is 34.0 Å². The van der Waals surface area contributed by atoms with Crippen LogP contribution in [0, 0.1) is 5.92 Å². The number of hydrogen-bond acceptors (Lipinski definition) is 6. The molecule has 0 spiro atoms. The van der Waals surface area contributed by atoms with E-state index >= 15 is 0 Å². The summed E-state index contributed by atoms with van der Waals surface area (Å²) >= 11 is -0.472. The Morgan fingerprint density at radius 1 is 0.725 bits per heavy atom. The Morgan fingerprint density at radius 3 is 1.47 bits per heavy atom. The van der Waals surface area contributed by atoms with Crippen LogP contribution in [0.25, 0.3) is 12.3 Å². The summed E-state index contributed by atoms with van der Waals surface area (Å²) in [5.74, 6) is -1.63. The molecule has 0 bridgehead atoms. The van der Waals surface area contributed by atoms with Crippen molar-refractivity contribution in [3.05, 3.63) is 49.9 Å². The van der Waals surface area contributed by atoms with Crippen LogP contribution in [0.2, 0.25) is 0 Å². The number of carbonyl (C=O) groups excluding carboxylic acids is 2. The molecule has 1 amide bonds. The Balaban J connectivity index is -0.000000114. The molecule has 0 fully saturated rings. The number of aliphatic hydroxyl groups is 2. The van der Waals surface area contributed by atoms with Crippen molar-refractivity contribution in [3.8, 4) is 0 Å². The van der Waals surface area contributed by atoms with Crippen LogP contribution >= 0.6 is 18.8 Å². The van der Waals surface area contributed by atoms with E-state index in [1.165, 1.54) is 77.0 Å². The van der Waals surface area contributed by atoms with Crippen LogP contribution in [0.5, 0.6) is 0 Å². The van der Waals surface area contributed by atoms with E-state index in [9.17, 15) is 19.2 Å². The number of allylic oxidation sites excluding steroid dienone is 3. The normalized spacial score (nSPS) is 9.90. The standard InChI is InChI=1S/C21H40O.C9H17NO4.C5H8O3.C2H4.2ClH.2H2N.Pt/c1-4-5-6-7-8-9-10-11-12-13-14-15-16-17-18-19-21(22)20(2)3;1-9(2,5-6-11)10-7(12)3-4-8(13)14;1-4(6)2-3-5(7)8;1-2;;;;;/h11-12,20H,4-10,13-19H2,1-3H3;11H,3-6H2,1-2H3,(H,10,12)(H,13,14);6H,1-3H2,(H,7,8);1-2H2;2*1H;2*1H2;/q;;;;;;2*-1;+4/p-2/b12-11-;;;;;;;;. The van der Waals surface area contributed by atoms with Crippen molar-refractivity contribution in [2.24, 2.45) is 5.92 Å². The van der Waals surface area contributed by atoms with Crippen molar-refractivity contribution in [3.63, 3.8) is 0 Å². The number of ketones is 1. The molecule has 0 unspecified atom stereocenters. The summed E-state index contributed by atoms with van der Waals surface area (Å²) in [6.45, 7) is 18.9. The number of Topliss-reactive ketones (excluding diaryl/α,β-unsaturated/α-hetero) is 1. The largest absolute Gasteiger partial charge is 0.693 e. The van der Waals surface area contributed by atoms with Gasteiger partial charge in [-0.2, -0.15) is 0 Å². The fourth-order valence-corrected chi connectivity index (χ4v) is 3.91. The van der Waals surface area contributed by atoms with E-state index in [1.54, 1.807) is 13.8 Å². The second kappa shape index (κ2) is 50.4. The van der Waals surface area contributed by atoms with Crippen molar-refractivity contribution in [1.29, 1.82) is 0 Å². The number of halogens is 2. The summed E-state index contributed by atoms with van der Waals surface area (Å²) < 4.78 is 0. The zero-order chi connectivity index (χ0) is 38.9. The fourth-order valence-electron chi connectivity index (χ4n) is 3.91. The van der Waals surface area contributed by atoms with Crippen LogP contribution in [0.1, 0.15) is 157 Å². The minimum Gasteiger partial charge on any atom is -0.693 e. The first kappa shape index (κ1) is 64.2. The van der Waals surface area contributed by atoms with Crippen LogP contribution in [-0.2, 0) is 35.7 Å². The van der Waals surface area contributed by atoms with Crippen LogP contribution in [-0.4, -0.2) is 56.2 Å². The molecule has 0 heterocycles. The topological polar surface area (TPSA) is 228 Å². The van der Waals surface area contributed by atoms with E-state index in [1.807, 2.05) is 13.8 Å². The Kier molecular flexibility index (Phi) is 63.4. The van der Waals surface area contributed by atoms with Gasteiger partial charge in [0, 0.05) is 37.3 Å². The maximum Gasteiger partial charge on any atom is -0.693 e. The van der Waals surface area contributed by atoms with Gasteiger partial charge in [-0.15, -0.1) is 13.2 Å². The molecule has 0 radical (unpaired) electrons.